The molecule has 0 bridgehead atoms. The molecule has 1 rings (SSSR count). The van der Waals surface area contributed by atoms with Crippen molar-refractivity contribution in [1.29, 1.82) is 0 Å². The van der Waals surface area contributed by atoms with Crippen LogP contribution < -0.4 is 0 Å². The van der Waals surface area contributed by atoms with Crippen molar-refractivity contribution in [2.45, 2.75) is 66.7 Å². The summed E-state index contributed by atoms with van der Waals surface area (Å²) in [5, 5.41) is 11.1. The Labute approximate surface area is 186 Å². The molecule has 1 aliphatic carbocycles. The topological polar surface area (TPSA) is 27.7 Å². The molecule has 0 N–H and O–H groups in total. The van der Waals surface area contributed by atoms with Gasteiger partial charge in [-0.2, -0.15) is 0 Å². The van der Waals surface area contributed by atoms with E-state index in [4.69, 9.17) is 13.3 Å². The van der Waals surface area contributed by atoms with E-state index < -0.39 is 41.0 Å². The molecular formula is C22H44O3PtSi3. The molecular weight excluding hydrogens is 592 g/mol. The van der Waals surface area contributed by atoms with E-state index in [2.05, 4.69) is 67.4 Å². The van der Waals surface area contributed by atoms with Crippen LogP contribution in [-0.2, 0) is 29.3 Å². The molecule has 7 heteroatoms. The molecule has 0 aromatic carbocycles. The molecule has 0 aliphatic heterocycles. The fraction of sp³-hybridized carbons (Fsp3) is 0.636. The van der Waals surface area contributed by atoms with E-state index >= 15 is 0 Å². The van der Waals surface area contributed by atoms with Crippen molar-refractivity contribution < 1.29 is 29.3 Å². The SMILES string of the molecule is C=CC[Si](C)(C)C1=C(C[Si](OC)(OC)OC)C[C]([Pt]([CH3])([CH3])[CH3])=C1[Si](C)(C)CC=C. The van der Waals surface area contributed by atoms with Crippen molar-refractivity contribution in [3.05, 3.63) is 45.2 Å². The van der Waals surface area contributed by atoms with Crippen molar-refractivity contribution in [2.75, 3.05) is 21.3 Å². The van der Waals surface area contributed by atoms with Crippen LogP contribution in [0.1, 0.15) is 6.42 Å². The van der Waals surface area contributed by atoms with Crippen molar-refractivity contribution >= 4 is 25.0 Å². The molecule has 3 nitrogen and oxygen atoms in total. The van der Waals surface area contributed by atoms with E-state index in [1.807, 2.05) is 0 Å². The molecule has 0 saturated heterocycles. The van der Waals surface area contributed by atoms with Crippen LogP contribution in [0.25, 0.3) is 0 Å². The van der Waals surface area contributed by atoms with Gasteiger partial charge in [-0.15, -0.1) is 0 Å². The molecule has 0 amide bonds. The second-order valence-corrected chi connectivity index (χ2v) is 33.4. The summed E-state index contributed by atoms with van der Waals surface area (Å²) in [5.74, 6) is 0. The Hall–Kier alpha value is 0.179. The van der Waals surface area contributed by atoms with Gasteiger partial charge in [0.05, 0.1) is 0 Å². The minimum absolute atomic E-state index is 0.794. The summed E-state index contributed by atoms with van der Waals surface area (Å²) >= 11 is -1.98. The Morgan fingerprint density at radius 2 is 1.24 bits per heavy atom. The van der Waals surface area contributed by atoms with Crippen molar-refractivity contribution in [1.82, 2.24) is 0 Å². The number of allylic oxidation sites excluding steroid dienone is 6. The normalized spacial score (nSPS) is 17.2. The van der Waals surface area contributed by atoms with Crippen molar-refractivity contribution in [3.8, 4) is 0 Å². The monoisotopic (exact) mass is 635 g/mol. The molecule has 0 aromatic heterocycles. The van der Waals surface area contributed by atoms with Crippen LogP contribution in [0.3, 0.4) is 0 Å². The van der Waals surface area contributed by atoms with Crippen LogP contribution in [-0.4, -0.2) is 46.3 Å². The third-order valence-corrected chi connectivity index (χ3v) is 20.9. The van der Waals surface area contributed by atoms with Gasteiger partial charge in [0, 0.05) is 0 Å². The molecule has 0 unspecified atom stereocenters. The second kappa shape index (κ2) is 10.2. The minimum atomic E-state index is -2.69. The van der Waals surface area contributed by atoms with Crippen molar-refractivity contribution in [3.63, 3.8) is 0 Å². The first kappa shape index (κ1) is 27.2. The second-order valence-electron chi connectivity index (χ2n) is 9.55. The van der Waals surface area contributed by atoms with Crippen LogP contribution in [0.2, 0.25) is 60.3 Å². The Morgan fingerprint density at radius 1 is 0.828 bits per heavy atom. The fourth-order valence-corrected chi connectivity index (χ4v) is 22.0. The zero-order valence-electron chi connectivity index (χ0n) is 20.4. The summed E-state index contributed by atoms with van der Waals surface area (Å²) in [6, 6.07) is 3.01. The maximum absolute atomic E-state index is 5.86. The van der Waals surface area contributed by atoms with Gasteiger partial charge in [0.15, 0.2) is 0 Å². The fourth-order valence-electron chi connectivity index (χ4n) is 4.37. The summed E-state index contributed by atoms with van der Waals surface area (Å²) in [7, 11) is -0.861. The molecule has 172 valence electrons. The molecule has 0 fully saturated rings. The van der Waals surface area contributed by atoms with Gasteiger partial charge >= 0.3 is 188 Å². The van der Waals surface area contributed by atoms with E-state index in [-0.39, 0.29) is 0 Å². The zero-order chi connectivity index (χ0) is 22.7. The summed E-state index contributed by atoms with van der Waals surface area (Å²) < 4.78 is 19.4. The molecule has 29 heavy (non-hydrogen) atoms. The van der Waals surface area contributed by atoms with Gasteiger partial charge in [0.25, 0.3) is 0 Å². The third-order valence-electron chi connectivity index (χ3n) is 5.82. The predicted molar refractivity (Wildman–Crippen MR) is 133 cm³/mol. The van der Waals surface area contributed by atoms with E-state index in [0.717, 1.165) is 24.6 Å². The van der Waals surface area contributed by atoms with Gasteiger partial charge < -0.3 is 0 Å². The Balaban J connectivity index is 3.82. The van der Waals surface area contributed by atoms with Crippen LogP contribution in [0.4, 0.5) is 0 Å². The van der Waals surface area contributed by atoms with E-state index in [1.54, 1.807) is 35.7 Å². The van der Waals surface area contributed by atoms with Crippen LogP contribution in [0.15, 0.2) is 45.2 Å². The molecule has 0 aromatic rings. The molecule has 0 atom stereocenters. The summed E-state index contributed by atoms with van der Waals surface area (Å²) in [5.41, 5.74) is 1.54. The number of hydrogen-bond donors (Lipinski definition) is 0. The molecule has 1 aliphatic rings. The molecule has 0 spiro atoms. The van der Waals surface area contributed by atoms with E-state index in [1.165, 1.54) is 5.57 Å². The first-order valence-corrected chi connectivity index (χ1v) is 26.2. The van der Waals surface area contributed by atoms with Crippen LogP contribution in [0, 0.1) is 0 Å². The Morgan fingerprint density at radius 3 is 1.59 bits per heavy atom. The number of rotatable bonds is 12. The van der Waals surface area contributed by atoms with E-state index in [9.17, 15) is 0 Å². The van der Waals surface area contributed by atoms with Gasteiger partial charge in [-0.1, -0.05) is 0 Å². The average Bonchev–Trinajstić information content (AvgIpc) is 3.01. The van der Waals surface area contributed by atoms with Gasteiger partial charge in [-0.3, -0.25) is 0 Å². The summed E-state index contributed by atoms with van der Waals surface area (Å²) in [6.07, 6.45) is 5.36. The summed E-state index contributed by atoms with van der Waals surface area (Å²) in [6.45, 7) is 18.3. The average molecular weight is 636 g/mol. The standard InChI is InChI=1S/C19H35O3Si3.3CH3.Pt/c1-10-14-23(6,7)18-13-12-17(16-25(20-3,21-4)22-5)19(18)24(8,9)15-11-2;;;;/h10-11H,1-2,12,14-16H2,3-9H3;3*1H3;. The molecule has 0 radical (unpaired) electrons. The van der Waals surface area contributed by atoms with E-state index in [0.29, 0.717) is 0 Å². The Kier molecular flexibility index (Phi) is 9.57. The van der Waals surface area contributed by atoms with Crippen LogP contribution in [0.5, 0.6) is 0 Å². The number of hydrogen-bond acceptors (Lipinski definition) is 3. The molecule has 0 heterocycles. The van der Waals surface area contributed by atoms with Gasteiger partial charge in [-0.05, 0) is 0 Å². The molecule has 0 saturated carbocycles. The first-order valence-electron chi connectivity index (χ1n) is 9.95. The van der Waals surface area contributed by atoms with Crippen LogP contribution >= 0.6 is 0 Å². The van der Waals surface area contributed by atoms with Gasteiger partial charge in [-0.25, -0.2) is 0 Å². The van der Waals surface area contributed by atoms with Crippen molar-refractivity contribution in [2.24, 2.45) is 0 Å². The van der Waals surface area contributed by atoms with Gasteiger partial charge in [0.2, 0.25) is 0 Å². The summed E-state index contributed by atoms with van der Waals surface area (Å²) in [4.78, 5) is 0. The maximum atomic E-state index is 5.86. The predicted octanol–water partition coefficient (Wildman–Crippen LogP) is 6.98. The Bertz CT molecular complexity index is 676. The quantitative estimate of drug-likeness (QED) is 0.171. The first-order chi connectivity index (χ1) is 13.2. The third kappa shape index (κ3) is 6.12. The zero-order valence-corrected chi connectivity index (χ0v) is 25.7. The van der Waals surface area contributed by atoms with Gasteiger partial charge in [0.1, 0.15) is 0 Å².